The van der Waals surface area contributed by atoms with Crippen molar-refractivity contribution in [1.82, 2.24) is 19.6 Å². The Bertz CT molecular complexity index is 799. The summed E-state index contributed by atoms with van der Waals surface area (Å²) in [7, 11) is 0. The highest BCUT2D eigenvalue weighted by Crippen LogP contribution is 2.36. The largest absolute Gasteiger partial charge is 0.362 e. The minimum absolute atomic E-state index is 0.0594. The number of aromatic nitrogens is 4. The molecule has 3 aromatic heterocycles. The van der Waals surface area contributed by atoms with Crippen molar-refractivity contribution in [2.75, 3.05) is 11.9 Å². The maximum atomic E-state index is 11.3. The third kappa shape index (κ3) is 2.67. The van der Waals surface area contributed by atoms with Crippen LogP contribution >= 0.6 is 23.1 Å². The number of anilines is 1. The number of hydrogen-bond acceptors (Lipinski definition) is 8. The number of rotatable bonds is 5. The van der Waals surface area contributed by atoms with Crippen LogP contribution in [0, 0.1) is 10.1 Å². The van der Waals surface area contributed by atoms with Gasteiger partial charge in [-0.05, 0) is 29.7 Å². The molecule has 0 aliphatic carbocycles. The number of pyridine rings is 1. The molecule has 0 spiro atoms. The molecule has 0 amide bonds. The molecule has 108 valence electrons. The molecule has 0 fully saturated rings. The quantitative estimate of drug-likeness (QED) is 0.569. The van der Waals surface area contributed by atoms with Crippen LogP contribution in [-0.4, -0.2) is 31.1 Å². The maximum Gasteiger partial charge on any atom is 0.362 e. The fourth-order valence-electron chi connectivity index (χ4n) is 1.75. The van der Waals surface area contributed by atoms with E-state index in [4.69, 9.17) is 0 Å². The molecule has 0 aliphatic rings. The summed E-state index contributed by atoms with van der Waals surface area (Å²) in [5.74, 6) is -0.0594. The minimum atomic E-state index is -0.436. The van der Waals surface area contributed by atoms with Crippen molar-refractivity contribution < 1.29 is 4.92 Å². The van der Waals surface area contributed by atoms with Crippen molar-refractivity contribution in [2.45, 2.75) is 16.3 Å². The molecule has 0 aromatic carbocycles. The highest BCUT2D eigenvalue weighted by atomic mass is 32.2. The van der Waals surface area contributed by atoms with Gasteiger partial charge in [0.25, 0.3) is 0 Å². The predicted octanol–water partition coefficient (Wildman–Crippen LogP) is 2.68. The Morgan fingerprint density at radius 3 is 3.10 bits per heavy atom. The SMILES string of the molecule is CCNc1nnc(Sc2nc3ccccn3c2[N+](=O)[O-])s1. The number of nitrogens with zero attached hydrogens (tertiary/aromatic N) is 5. The molecular weight excluding hydrogens is 312 g/mol. The van der Waals surface area contributed by atoms with Crippen molar-refractivity contribution in [3.8, 4) is 0 Å². The number of nitro groups is 1. The average Bonchev–Trinajstić information content (AvgIpc) is 3.03. The van der Waals surface area contributed by atoms with Gasteiger partial charge in [-0.2, -0.15) is 9.38 Å². The lowest BCUT2D eigenvalue weighted by Gasteiger charge is -1.95. The monoisotopic (exact) mass is 322 g/mol. The molecule has 0 saturated heterocycles. The van der Waals surface area contributed by atoms with Crippen LogP contribution in [0.4, 0.5) is 10.9 Å². The van der Waals surface area contributed by atoms with E-state index in [-0.39, 0.29) is 5.82 Å². The normalized spacial score (nSPS) is 10.9. The maximum absolute atomic E-state index is 11.3. The first kappa shape index (κ1) is 13.8. The molecule has 10 heteroatoms. The molecule has 3 aromatic rings. The number of imidazole rings is 1. The molecule has 0 radical (unpaired) electrons. The van der Waals surface area contributed by atoms with E-state index in [2.05, 4.69) is 20.5 Å². The van der Waals surface area contributed by atoms with Gasteiger partial charge in [0.15, 0.2) is 4.34 Å². The van der Waals surface area contributed by atoms with Gasteiger partial charge < -0.3 is 15.4 Å². The van der Waals surface area contributed by atoms with E-state index < -0.39 is 4.92 Å². The van der Waals surface area contributed by atoms with Gasteiger partial charge in [-0.25, -0.2) is 0 Å². The van der Waals surface area contributed by atoms with Crippen molar-refractivity contribution in [2.24, 2.45) is 0 Å². The van der Waals surface area contributed by atoms with E-state index in [0.717, 1.165) is 18.3 Å². The van der Waals surface area contributed by atoms with Crippen LogP contribution in [0.25, 0.3) is 5.65 Å². The topological polar surface area (TPSA) is 98.2 Å². The second-order valence-corrected chi connectivity index (χ2v) is 6.15. The van der Waals surface area contributed by atoms with Crippen molar-refractivity contribution in [3.63, 3.8) is 0 Å². The molecular formula is C11H10N6O2S2. The summed E-state index contributed by atoms with van der Waals surface area (Å²) in [6.45, 7) is 2.70. The lowest BCUT2D eigenvalue weighted by atomic mass is 10.5. The Balaban J connectivity index is 1.99. The van der Waals surface area contributed by atoms with Crippen LogP contribution in [-0.2, 0) is 0 Å². The molecule has 8 nitrogen and oxygen atoms in total. The summed E-state index contributed by atoms with van der Waals surface area (Å²) in [6, 6.07) is 5.24. The molecule has 1 N–H and O–H groups in total. The summed E-state index contributed by atoms with van der Waals surface area (Å²) in [6.07, 6.45) is 1.62. The smallest absolute Gasteiger partial charge is 0.360 e. The van der Waals surface area contributed by atoms with Crippen molar-refractivity contribution in [3.05, 3.63) is 34.5 Å². The van der Waals surface area contributed by atoms with Gasteiger partial charge in [0, 0.05) is 12.6 Å². The van der Waals surface area contributed by atoms with Gasteiger partial charge in [-0.15, -0.1) is 10.2 Å². The fourth-order valence-corrected chi connectivity index (χ4v) is 3.59. The van der Waals surface area contributed by atoms with E-state index >= 15 is 0 Å². The van der Waals surface area contributed by atoms with Crippen molar-refractivity contribution >= 4 is 39.7 Å². The zero-order chi connectivity index (χ0) is 14.8. The summed E-state index contributed by atoms with van der Waals surface area (Å²) in [4.78, 5) is 15.1. The summed E-state index contributed by atoms with van der Waals surface area (Å²) in [5.41, 5.74) is 0.531. The first-order valence-electron chi connectivity index (χ1n) is 6.05. The Labute approximate surface area is 127 Å². The Morgan fingerprint density at radius 1 is 1.48 bits per heavy atom. The van der Waals surface area contributed by atoms with Gasteiger partial charge in [0.2, 0.25) is 15.8 Å². The van der Waals surface area contributed by atoms with Gasteiger partial charge in [0.1, 0.15) is 0 Å². The summed E-state index contributed by atoms with van der Waals surface area (Å²) in [5, 5.41) is 23.3. The average molecular weight is 322 g/mol. The Kier molecular flexibility index (Phi) is 3.71. The van der Waals surface area contributed by atoms with Crippen LogP contribution in [0.5, 0.6) is 0 Å². The molecule has 3 rings (SSSR count). The molecule has 0 bridgehead atoms. The molecule has 21 heavy (non-hydrogen) atoms. The zero-order valence-corrected chi connectivity index (χ0v) is 12.5. The highest BCUT2D eigenvalue weighted by Gasteiger charge is 2.24. The van der Waals surface area contributed by atoms with E-state index in [9.17, 15) is 10.1 Å². The first-order valence-corrected chi connectivity index (χ1v) is 7.69. The lowest BCUT2D eigenvalue weighted by molar-refractivity contribution is -0.393. The van der Waals surface area contributed by atoms with Crippen molar-refractivity contribution in [1.29, 1.82) is 0 Å². The number of hydrogen-bond donors (Lipinski definition) is 1. The molecule has 0 atom stereocenters. The van der Waals surface area contributed by atoms with Gasteiger partial charge in [-0.3, -0.25) is 0 Å². The minimum Gasteiger partial charge on any atom is -0.360 e. The van der Waals surface area contributed by atoms with Crippen LogP contribution < -0.4 is 5.32 Å². The molecule has 0 unspecified atom stereocenters. The lowest BCUT2D eigenvalue weighted by Crippen LogP contribution is -1.94. The van der Waals surface area contributed by atoms with E-state index in [0.29, 0.717) is 20.1 Å². The number of fused-ring (bicyclic) bond motifs is 1. The Hall–Kier alpha value is -2.20. The fraction of sp³-hybridized carbons (Fsp3) is 0.182. The van der Waals surface area contributed by atoms with Gasteiger partial charge in [0.05, 0.1) is 6.20 Å². The van der Waals surface area contributed by atoms with Crippen LogP contribution in [0.2, 0.25) is 0 Å². The van der Waals surface area contributed by atoms with E-state index in [1.54, 1.807) is 24.4 Å². The summed E-state index contributed by atoms with van der Waals surface area (Å²) < 4.78 is 2.06. The summed E-state index contributed by atoms with van der Waals surface area (Å²) >= 11 is 2.49. The van der Waals surface area contributed by atoms with Crippen LogP contribution in [0.3, 0.4) is 0 Å². The van der Waals surface area contributed by atoms with Crippen LogP contribution in [0.15, 0.2) is 33.8 Å². The van der Waals surface area contributed by atoms with Crippen LogP contribution in [0.1, 0.15) is 6.92 Å². The Morgan fingerprint density at radius 2 is 2.33 bits per heavy atom. The van der Waals surface area contributed by atoms with Gasteiger partial charge in [-0.1, -0.05) is 17.4 Å². The molecule has 0 saturated carbocycles. The predicted molar refractivity (Wildman–Crippen MR) is 80.0 cm³/mol. The molecule has 3 heterocycles. The molecule has 0 aliphatic heterocycles. The van der Waals surface area contributed by atoms with E-state index in [1.807, 2.05) is 6.92 Å². The highest BCUT2D eigenvalue weighted by molar-refractivity contribution is 8.01. The standard InChI is InChI=1S/C11H10N6O2S2/c1-2-12-10-14-15-11(21-10)20-8-9(17(18)19)16-6-4-3-5-7(16)13-8/h3-6H,2H2,1H3,(H,12,14). The zero-order valence-electron chi connectivity index (χ0n) is 10.9. The second-order valence-electron chi connectivity index (χ2n) is 3.93. The number of nitrogens with one attached hydrogen (secondary N) is 1. The second kappa shape index (κ2) is 5.66. The van der Waals surface area contributed by atoms with E-state index in [1.165, 1.54) is 15.7 Å². The third-order valence-electron chi connectivity index (χ3n) is 2.57. The first-order chi connectivity index (χ1) is 10.2. The van der Waals surface area contributed by atoms with Gasteiger partial charge >= 0.3 is 5.82 Å². The third-order valence-corrected chi connectivity index (χ3v) is 4.46.